The number of thioether (sulfide) groups is 1. The van der Waals surface area contributed by atoms with Crippen molar-refractivity contribution in [1.29, 1.82) is 0 Å². The van der Waals surface area contributed by atoms with Gasteiger partial charge in [0.25, 0.3) is 0 Å². The Balaban J connectivity index is 1.57. The fourth-order valence-corrected chi connectivity index (χ4v) is 5.70. The molecular formula is C25H38N2O10S. The molecule has 1 aromatic rings. The molecule has 1 amide bonds. The van der Waals surface area contributed by atoms with Gasteiger partial charge in [0.15, 0.2) is 11.5 Å². The number of rotatable bonds is 11. The van der Waals surface area contributed by atoms with Crippen molar-refractivity contribution < 1.29 is 49.7 Å². The molecule has 13 heteroatoms. The van der Waals surface area contributed by atoms with Gasteiger partial charge in [0.2, 0.25) is 5.91 Å². The fraction of sp³-hybridized carbons (Fsp3) is 0.680. The number of benzene rings is 1. The number of aromatic hydroxyl groups is 2. The Labute approximate surface area is 225 Å². The van der Waals surface area contributed by atoms with E-state index in [0.717, 1.165) is 43.3 Å². The lowest BCUT2D eigenvalue weighted by atomic mass is 9.92. The van der Waals surface area contributed by atoms with Gasteiger partial charge < -0.3 is 50.7 Å². The second-order valence-corrected chi connectivity index (χ2v) is 11.0. The number of aliphatic hydroxyl groups excluding tert-OH is 4. The minimum absolute atomic E-state index is 0.0335. The van der Waals surface area contributed by atoms with Gasteiger partial charge in [-0.2, -0.15) is 0 Å². The maximum Gasteiger partial charge on any atom is 0.338 e. The first-order valence-corrected chi connectivity index (χ1v) is 13.8. The standard InChI is InChI=1S/C25H38N2O10S/c1-3-4-13-9-15(26-11-13)23(34)27-18(12(2)28)22-20(32)19(31)21(33)25(37-22)38-8-7-36-24(35)14-5-6-16(29)17(30)10-14/h5-6,10,12-13,15,18-22,25-26,28-33H,3-4,7-9,11H2,1-2H3,(H,27,34)/t12-,13-,15+,18-,19+,20-,21-,22-,25-/m1/s1. The Bertz CT molecular complexity index is 951. The second-order valence-electron chi connectivity index (χ2n) is 9.78. The van der Waals surface area contributed by atoms with Crippen LogP contribution in [0, 0.1) is 5.92 Å². The zero-order chi connectivity index (χ0) is 28.0. The predicted octanol–water partition coefficient (Wildman–Crippen LogP) is -0.561. The van der Waals surface area contributed by atoms with Crippen LogP contribution in [0.1, 0.15) is 43.5 Å². The highest BCUT2D eigenvalue weighted by molar-refractivity contribution is 7.99. The lowest BCUT2D eigenvalue weighted by Gasteiger charge is -2.44. The number of hydrogen-bond donors (Lipinski definition) is 8. The summed E-state index contributed by atoms with van der Waals surface area (Å²) in [6.07, 6.45) is -4.35. The van der Waals surface area contributed by atoms with Crippen LogP contribution >= 0.6 is 11.8 Å². The summed E-state index contributed by atoms with van der Waals surface area (Å²) in [7, 11) is 0. The third-order valence-corrected chi connectivity index (χ3v) is 7.96. The third-order valence-electron chi connectivity index (χ3n) is 6.83. The van der Waals surface area contributed by atoms with E-state index < -0.39 is 59.8 Å². The molecule has 0 aliphatic carbocycles. The number of aliphatic hydroxyl groups is 4. The van der Waals surface area contributed by atoms with Gasteiger partial charge in [0, 0.05) is 5.75 Å². The van der Waals surface area contributed by atoms with Crippen molar-refractivity contribution >= 4 is 23.6 Å². The highest BCUT2D eigenvalue weighted by Crippen LogP contribution is 2.31. The molecule has 0 radical (unpaired) electrons. The molecule has 38 heavy (non-hydrogen) atoms. The van der Waals surface area contributed by atoms with Crippen molar-refractivity contribution in [2.24, 2.45) is 5.92 Å². The van der Waals surface area contributed by atoms with Crippen molar-refractivity contribution in [3.63, 3.8) is 0 Å². The molecule has 2 aliphatic rings. The van der Waals surface area contributed by atoms with Gasteiger partial charge in [-0.05, 0) is 50.4 Å². The Hall–Kier alpha value is -2.13. The molecule has 0 unspecified atom stereocenters. The van der Waals surface area contributed by atoms with Crippen LogP contribution in [0.3, 0.4) is 0 Å². The van der Waals surface area contributed by atoms with Crippen LogP contribution in [0.5, 0.6) is 11.5 Å². The van der Waals surface area contributed by atoms with Gasteiger partial charge in [0.05, 0.1) is 23.8 Å². The highest BCUT2D eigenvalue weighted by Gasteiger charge is 2.48. The maximum absolute atomic E-state index is 12.9. The predicted molar refractivity (Wildman–Crippen MR) is 138 cm³/mol. The summed E-state index contributed by atoms with van der Waals surface area (Å²) >= 11 is 1.02. The number of amides is 1. The second kappa shape index (κ2) is 13.8. The van der Waals surface area contributed by atoms with E-state index in [1.807, 2.05) is 0 Å². The molecule has 0 aromatic heterocycles. The zero-order valence-corrected chi connectivity index (χ0v) is 22.2. The summed E-state index contributed by atoms with van der Waals surface area (Å²) in [4.78, 5) is 25.1. The molecule has 0 spiro atoms. The average Bonchev–Trinajstić information content (AvgIpc) is 3.35. The Morgan fingerprint density at radius 3 is 2.58 bits per heavy atom. The van der Waals surface area contributed by atoms with Crippen LogP contribution in [-0.2, 0) is 14.3 Å². The molecule has 2 heterocycles. The lowest BCUT2D eigenvalue weighted by molar-refractivity contribution is -0.211. The van der Waals surface area contributed by atoms with E-state index in [1.54, 1.807) is 0 Å². The normalized spacial score (nSPS) is 30.9. The molecule has 2 aliphatic heterocycles. The molecule has 2 saturated heterocycles. The van der Waals surface area contributed by atoms with Crippen molar-refractivity contribution in [1.82, 2.24) is 10.6 Å². The molecule has 0 saturated carbocycles. The quantitative estimate of drug-likeness (QED) is 0.0980. The number of esters is 1. The van der Waals surface area contributed by atoms with Crippen LogP contribution in [0.2, 0.25) is 0 Å². The lowest BCUT2D eigenvalue weighted by Crippen LogP contribution is -2.65. The van der Waals surface area contributed by atoms with E-state index in [9.17, 15) is 40.2 Å². The molecule has 214 valence electrons. The highest BCUT2D eigenvalue weighted by atomic mass is 32.2. The van der Waals surface area contributed by atoms with E-state index in [1.165, 1.54) is 13.0 Å². The van der Waals surface area contributed by atoms with E-state index in [-0.39, 0.29) is 29.6 Å². The minimum atomic E-state index is -1.61. The van der Waals surface area contributed by atoms with Gasteiger partial charge in [-0.25, -0.2) is 4.79 Å². The smallest absolute Gasteiger partial charge is 0.338 e. The molecule has 12 nitrogen and oxygen atoms in total. The first kappa shape index (κ1) is 30.4. The summed E-state index contributed by atoms with van der Waals surface area (Å²) in [6, 6.07) is 2.01. The van der Waals surface area contributed by atoms with E-state index in [0.29, 0.717) is 12.3 Å². The summed E-state index contributed by atoms with van der Waals surface area (Å²) < 4.78 is 11.0. The SMILES string of the molecule is CCC[C@H]1CN[C@H](C(=O)N[C@@H]([C@H]2O[C@H](SCCOC(=O)c3ccc(O)c(O)c3)[C@H](O)[C@@H](O)[C@H]2O)[C@@H](C)O)C1. The number of carbonyl (C=O) groups excluding carboxylic acids is 2. The number of phenols is 2. The fourth-order valence-electron chi connectivity index (χ4n) is 4.72. The Morgan fingerprint density at radius 1 is 1.18 bits per heavy atom. The maximum atomic E-state index is 12.9. The number of hydrogen-bond acceptors (Lipinski definition) is 12. The molecular weight excluding hydrogens is 520 g/mol. The van der Waals surface area contributed by atoms with Gasteiger partial charge in [-0.1, -0.05) is 13.3 Å². The number of phenolic OH excluding ortho intramolecular Hbond substituents is 2. The van der Waals surface area contributed by atoms with Crippen molar-refractivity contribution in [3.8, 4) is 11.5 Å². The number of ether oxygens (including phenoxy) is 2. The summed E-state index contributed by atoms with van der Waals surface area (Å²) in [6.45, 7) is 4.13. The molecule has 0 bridgehead atoms. The first-order valence-electron chi connectivity index (χ1n) is 12.8. The van der Waals surface area contributed by atoms with E-state index >= 15 is 0 Å². The minimum Gasteiger partial charge on any atom is -0.504 e. The first-order chi connectivity index (χ1) is 18.0. The van der Waals surface area contributed by atoms with E-state index in [2.05, 4.69) is 17.6 Å². The zero-order valence-electron chi connectivity index (χ0n) is 21.4. The van der Waals surface area contributed by atoms with Crippen LogP contribution in [-0.4, -0.2) is 109 Å². The third kappa shape index (κ3) is 7.50. The van der Waals surface area contributed by atoms with Crippen LogP contribution in [0.15, 0.2) is 18.2 Å². The van der Waals surface area contributed by atoms with Crippen molar-refractivity contribution in [3.05, 3.63) is 23.8 Å². The van der Waals surface area contributed by atoms with Gasteiger partial charge in [0.1, 0.15) is 36.5 Å². The topological polar surface area (TPSA) is 198 Å². The summed E-state index contributed by atoms with van der Waals surface area (Å²) in [5.74, 6) is -1.40. The van der Waals surface area contributed by atoms with Crippen molar-refractivity contribution in [2.45, 2.75) is 81.1 Å². The average molecular weight is 559 g/mol. The monoisotopic (exact) mass is 558 g/mol. The van der Waals surface area contributed by atoms with Crippen LogP contribution in [0.4, 0.5) is 0 Å². The Morgan fingerprint density at radius 2 is 1.92 bits per heavy atom. The van der Waals surface area contributed by atoms with Crippen molar-refractivity contribution in [2.75, 3.05) is 18.9 Å². The molecule has 8 N–H and O–H groups in total. The molecule has 2 fully saturated rings. The van der Waals surface area contributed by atoms with E-state index in [4.69, 9.17) is 9.47 Å². The number of nitrogens with one attached hydrogen (secondary N) is 2. The van der Waals surface area contributed by atoms with Gasteiger partial charge >= 0.3 is 5.97 Å². The van der Waals surface area contributed by atoms with Crippen LogP contribution < -0.4 is 10.6 Å². The summed E-state index contributed by atoms with van der Waals surface area (Å²) in [5.41, 5.74) is -1.02. The largest absolute Gasteiger partial charge is 0.504 e. The Kier molecular flexibility index (Phi) is 11.0. The molecule has 9 atom stereocenters. The van der Waals surface area contributed by atoms with Gasteiger partial charge in [-0.3, -0.25) is 4.79 Å². The molecule has 1 aromatic carbocycles. The van der Waals surface area contributed by atoms with Gasteiger partial charge in [-0.15, -0.1) is 11.8 Å². The number of carbonyl (C=O) groups is 2. The summed E-state index contributed by atoms with van der Waals surface area (Å²) in [5, 5.41) is 66.7. The van der Waals surface area contributed by atoms with Crippen LogP contribution in [0.25, 0.3) is 0 Å². The molecule has 3 rings (SSSR count).